The van der Waals surface area contributed by atoms with Gasteiger partial charge in [0.1, 0.15) is 0 Å². The van der Waals surface area contributed by atoms with Gasteiger partial charge in [-0.2, -0.15) is 0 Å². The summed E-state index contributed by atoms with van der Waals surface area (Å²) in [5.74, 6) is 0.579. The maximum atomic E-state index is 12.0. The van der Waals surface area contributed by atoms with E-state index < -0.39 is 0 Å². The Bertz CT molecular complexity index is 804. The van der Waals surface area contributed by atoms with E-state index in [-0.39, 0.29) is 24.1 Å². The Morgan fingerprint density at radius 3 is 2.69 bits per heavy atom. The molecule has 9 heteroatoms. The number of nitrogens with one attached hydrogen (secondary N) is 1. The van der Waals surface area contributed by atoms with Gasteiger partial charge in [-0.3, -0.25) is 9.59 Å². The Kier molecular flexibility index (Phi) is 6.16. The minimum atomic E-state index is -0.204. The molecule has 1 fully saturated rings. The van der Waals surface area contributed by atoms with Gasteiger partial charge in [-0.05, 0) is 25.0 Å². The number of amides is 2. The van der Waals surface area contributed by atoms with Gasteiger partial charge < -0.3 is 14.8 Å². The molecule has 138 valence electrons. The zero-order valence-electron chi connectivity index (χ0n) is 14.4. The molecular weight excluding hydrogens is 374 g/mol. The summed E-state index contributed by atoms with van der Waals surface area (Å²) >= 11 is 7.47. The molecule has 0 bridgehead atoms. The highest BCUT2D eigenvalue weighted by Gasteiger charge is 2.19. The van der Waals surface area contributed by atoms with Crippen LogP contribution in [0, 0.1) is 0 Å². The minimum absolute atomic E-state index is 0.0273. The first-order valence-corrected chi connectivity index (χ1v) is 9.74. The van der Waals surface area contributed by atoms with E-state index in [0.717, 1.165) is 31.5 Å². The quantitative estimate of drug-likeness (QED) is 0.759. The Morgan fingerprint density at radius 1 is 1.23 bits per heavy atom. The number of halogens is 1. The van der Waals surface area contributed by atoms with Crippen LogP contribution in [0.1, 0.15) is 12.8 Å². The van der Waals surface area contributed by atoms with Gasteiger partial charge in [-0.1, -0.05) is 35.5 Å². The molecule has 2 aromatic rings. The van der Waals surface area contributed by atoms with E-state index in [0.29, 0.717) is 16.0 Å². The van der Waals surface area contributed by atoms with Crippen LogP contribution in [0.2, 0.25) is 5.02 Å². The van der Waals surface area contributed by atoms with Crippen molar-refractivity contribution in [3.8, 4) is 11.4 Å². The fraction of sp³-hybridized carbons (Fsp3) is 0.412. The number of carbonyl (C=O) groups is 2. The maximum absolute atomic E-state index is 12.0. The van der Waals surface area contributed by atoms with Crippen molar-refractivity contribution >= 4 is 35.2 Å². The third-order valence-electron chi connectivity index (χ3n) is 4.18. The van der Waals surface area contributed by atoms with Crippen LogP contribution >= 0.6 is 23.4 Å². The van der Waals surface area contributed by atoms with E-state index in [9.17, 15) is 9.59 Å². The summed E-state index contributed by atoms with van der Waals surface area (Å²) in [6.45, 7) is 1.61. The third kappa shape index (κ3) is 4.37. The van der Waals surface area contributed by atoms with E-state index in [2.05, 4.69) is 15.5 Å². The zero-order valence-corrected chi connectivity index (χ0v) is 16.0. The Morgan fingerprint density at radius 2 is 1.96 bits per heavy atom. The number of rotatable bonds is 6. The average molecular weight is 394 g/mol. The second-order valence-electron chi connectivity index (χ2n) is 6.00. The van der Waals surface area contributed by atoms with Crippen molar-refractivity contribution in [2.24, 2.45) is 7.05 Å². The van der Waals surface area contributed by atoms with E-state index in [4.69, 9.17) is 11.6 Å². The topological polar surface area (TPSA) is 80.1 Å². The van der Waals surface area contributed by atoms with Crippen molar-refractivity contribution < 1.29 is 9.59 Å². The van der Waals surface area contributed by atoms with Crippen LogP contribution in [0.5, 0.6) is 0 Å². The molecule has 7 nitrogen and oxygen atoms in total. The number of hydrogen-bond donors (Lipinski definition) is 1. The molecule has 0 aliphatic carbocycles. The van der Waals surface area contributed by atoms with Crippen molar-refractivity contribution in [2.45, 2.75) is 18.0 Å². The van der Waals surface area contributed by atoms with Gasteiger partial charge in [0.05, 0.1) is 17.3 Å². The summed E-state index contributed by atoms with van der Waals surface area (Å²) in [6, 6.07) is 7.40. The second-order valence-corrected chi connectivity index (χ2v) is 7.35. The highest BCUT2D eigenvalue weighted by molar-refractivity contribution is 7.99. The average Bonchev–Trinajstić information content (AvgIpc) is 3.29. The van der Waals surface area contributed by atoms with Crippen molar-refractivity contribution in [3.63, 3.8) is 0 Å². The molecule has 1 aliphatic heterocycles. The number of nitrogens with zero attached hydrogens (tertiary/aromatic N) is 4. The maximum Gasteiger partial charge on any atom is 0.241 e. The molecule has 0 unspecified atom stereocenters. The first-order valence-electron chi connectivity index (χ1n) is 8.38. The summed E-state index contributed by atoms with van der Waals surface area (Å²) in [5.41, 5.74) is 0.789. The van der Waals surface area contributed by atoms with Gasteiger partial charge in [0, 0.05) is 25.7 Å². The highest BCUT2D eigenvalue weighted by atomic mass is 35.5. The van der Waals surface area contributed by atoms with E-state index >= 15 is 0 Å². The number of carbonyl (C=O) groups excluding carboxylic acids is 2. The lowest BCUT2D eigenvalue weighted by Gasteiger charge is -2.15. The van der Waals surface area contributed by atoms with Gasteiger partial charge in [0.2, 0.25) is 11.8 Å². The molecule has 2 heterocycles. The largest absolute Gasteiger partial charge is 0.346 e. The van der Waals surface area contributed by atoms with Crippen LogP contribution in [0.3, 0.4) is 0 Å². The van der Waals surface area contributed by atoms with Crippen LogP contribution in [-0.4, -0.2) is 56.9 Å². The van der Waals surface area contributed by atoms with Gasteiger partial charge >= 0.3 is 0 Å². The first-order chi connectivity index (χ1) is 12.6. The van der Waals surface area contributed by atoms with Crippen molar-refractivity contribution in [1.82, 2.24) is 25.0 Å². The van der Waals surface area contributed by atoms with Crippen molar-refractivity contribution in [3.05, 3.63) is 29.3 Å². The SMILES string of the molecule is Cn1c(SCC(=O)NCC(=O)N2CCCC2)nnc1-c1ccccc1Cl. The van der Waals surface area contributed by atoms with Crippen LogP contribution in [0.15, 0.2) is 29.4 Å². The molecule has 1 saturated heterocycles. The molecule has 0 radical (unpaired) electrons. The minimum Gasteiger partial charge on any atom is -0.346 e. The molecule has 0 atom stereocenters. The standard InChI is InChI=1S/C17H20ClN5O2S/c1-22-16(12-6-2-3-7-13(12)18)20-21-17(22)26-11-14(24)19-10-15(25)23-8-4-5-9-23/h2-3,6-7H,4-5,8-11H2,1H3,(H,19,24). The summed E-state index contributed by atoms with van der Waals surface area (Å²) < 4.78 is 1.80. The van der Waals surface area contributed by atoms with Crippen molar-refractivity contribution in [1.29, 1.82) is 0 Å². The van der Waals surface area contributed by atoms with Gasteiger partial charge in [0.25, 0.3) is 0 Å². The Balaban J connectivity index is 1.52. The normalized spacial score (nSPS) is 13.8. The number of benzene rings is 1. The molecule has 2 amide bonds. The monoisotopic (exact) mass is 393 g/mol. The molecule has 1 aromatic carbocycles. The zero-order chi connectivity index (χ0) is 18.5. The smallest absolute Gasteiger partial charge is 0.241 e. The van der Waals surface area contributed by atoms with Crippen LogP contribution in [0.4, 0.5) is 0 Å². The number of hydrogen-bond acceptors (Lipinski definition) is 5. The molecule has 1 aromatic heterocycles. The molecular formula is C17H20ClN5O2S. The van der Waals surface area contributed by atoms with E-state index in [1.165, 1.54) is 11.8 Å². The first kappa shape index (κ1) is 18.7. The molecule has 1 aliphatic rings. The summed E-state index contributed by atoms with van der Waals surface area (Å²) in [7, 11) is 1.83. The number of likely N-dealkylation sites (tertiary alicyclic amines) is 1. The summed E-state index contributed by atoms with van der Waals surface area (Å²) in [5, 5.41) is 12.2. The van der Waals surface area contributed by atoms with Crippen LogP contribution in [-0.2, 0) is 16.6 Å². The predicted molar refractivity (Wildman–Crippen MR) is 101 cm³/mol. The van der Waals surface area contributed by atoms with E-state index in [1.807, 2.05) is 25.2 Å². The second kappa shape index (κ2) is 8.55. The van der Waals surface area contributed by atoms with Crippen LogP contribution < -0.4 is 5.32 Å². The fourth-order valence-electron chi connectivity index (χ4n) is 2.75. The predicted octanol–water partition coefficient (Wildman–Crippen LogP) is 1.97. The third-order valence-corrected chi connectivity index (χ3v) is 5.53. The van der Waals surface area contributed by atoms with Gasteiger partial charge in [0.15, 0.2) is 11.0 Å². The van der Waals surface area contributed by atoms with E-state index in [1.54, 1.807) is 15.5 Å². The Hall–Kier alpha value is -2.06. The van der Waals surface area contributed by atoms with Crippen LogP contribution in [0.25, 0.3) is 11.4 Å². The molecule has 26 heavy (non-hydrogen) atoms. The number of thioether (sulfide) groups is 1. The number of aromatic nitrogens is 3. The van der Waals surface area contributed by atoms with Gasteiger partial charge in [-0.25, -0.2) is 0 Å². The fourth-order valence-corrected chi connectivity index (χ4v) is 3.71. The molecule has 0 saturated carbocycles. The lowest BCUT2D eigenvalue weighted by Crippen LogP contribution is -2.39. The molecule has 1 N–H and O–H groups in total. The highest BCUT2D eigenvalue weighted by Crippen LogP contribution is 2.28. The summed E-state index contributed by atoms with van der Waals surface area (Å²) in [4.78, 5) is 25.7. The lowest BCUT2D eigenvalue weighted by molar-refractivity contribution is -0.131. The summed E-state index contributed by atoms with van der Waals surface area (Å²) in [6.07, 6.45) is 2.07. The molecule has 0 spiro atoms. The van der Waals surface area contributed by atoms with Crippen molar-refractivity contribution in [2.75, 3.05) is 25.4 Å². The molecule has 3 rings (SSSR count). The lowest BCUT2D eigenvalue weighted by atomic mass is 10.2. The Labute approximate surface area is 161 Å². The van der Waals surface area contributed by atoms with Gasteiger partial charge in [-0.15, -0.1) is 10.2 Å².